The molecule has 0 aliphatic carbocycles. The van der Waals surface area contributed by atoms with Crippen LogP contribution >= 0.6 is 0 Å². The standard InChI is InChI=1S/C23H25FN6O.C23H21FN6.C23H25FN6.C22H23FN6O.C22H19FN6/c1-25-23-26-10-8-19(27-23)22-21(17-4-6-18(24)7-5-17)28-20-14-16(9-11-30(20)22)15-29(2)12-13-31-3;1-4-12-29(3)15-16-10-13-30-20(14-16)28-21(17-5-7-18(24)8-6-17)22(30)19-9-11-26-23(25-2)27-19;1-4-29(5-2)15-16-11-13-30-20(14-16)28-21(17-6-8-18(24)9-7-17)22(30)19-10-12-26-23(25-3)27-19;1-28(11-12-30-2)14-15-8-10-29-19(13-15)27-20(16-3-5-17(23)6-4-16)21(29)18-7-9-25-22(24)26-18;1-3-11-28(2)14-15-9-12-29-19(13-15)27-20(16-4-6-17(23)7-5-16)21(29)18-8-10-25-22(24)26-18/h4-11,14H,12-13,15H2,1-3H3,(H,25,26,27);1,5-11,13-14H,12,15H2,2-3H3,(H,25,26,27);6-14H,4-5,15H2,1-3H3,(H,25,26,27);3-10,13H,11-12,14H2,1-2H3,(H2,24,25,26);1,4-10,12-13H,11,14H2,2H3,(H2,24,25,26). The van der Waals surface area contributed by atoms with Crippen LogP contribution in [0.1, 0.15) is 41.7 Å². The second-order valence-electron chi connectivity index (χ2n) is 35.2. The van der Waals surface area contributed by atoms with Crippen molar-refractivity contribution < 1.29 is 31.4 Å². The maximum atomic E-state index is 13.5. The van der Waals surface area contributed by atoms with Gasteiger partial charge < -0.3 is 36.9 Å². The molecule has 15 aromatic heterocycles. The van der Waals surface area contributed by atoms with Gasteiger partial charge in [0.1, 0.15) is 57.3 Å². The van der Waals surface area contributed by atoms with Crippen molar-refractivity contribution in [2.24, 2.45) is 0 Å². The predicted octanol–water partition coefficient (Wildman–Crippen LogP) is 18.4. The summed E-state index contributed by atoms with van der Waals surface area (Å²) in [6, 6.07) is 61.3. The van der Waals surface area contributed by atoms with Gasteiger partial charge in [-0.25, -0.2) is 96.7 Å². The fraction of sp³-hybridized carbons (Fsp3) is 0.212. The summed E-state index contributed by atoms with van der Waals surface area (Å²) in [5.41, 5.74) is 36.4. The molecule has 37 heteroatoms. The molecule has 32 nitrogen and oxygen atoms in total. The molecule has 762 valence electrons. The molecule has 0 atom stereocenters. The normalized spacial score (nSPS) is 11.3. The van der Waals surface area contributed by atoms with E-state index in [1.165, 1.54) is 66.2 Å². The van der Waals surface area contributed by atoms with Gasteiger partial charge in [-0.15, -0.1) is 12.8 Å². The average molecular weight is 2020 g/mol. The molecule has 7 N–H and O–H groups in total. The summed E-state index contributed by atoms with van der Waals surface area (Å²) in [4.78, 5) is 78.3. The molecular weight excluding hydrogens is 1900 g/mol. The first-order valence-corrected chi connectivity index (χ1v) is 48.3. The first-order chi connectivity index (χ1) is 72.9. The van der Waals surface area contributed by atoms with Crippen LogP contribution in [0.15, 0.2) is 274 Å². The first kappa shape index (κ1) is 105. The van der Waals surface area contributed by atoms with Crippen LogP contribution in [0.2, 0.25) is 0 Å². The number of benzene rings is 5. The minimum atomic E-state index is -0.302. The minimum Gasteiger partial charge on any atom is -0.383 e. The molecule has 0 amide bonds. The first-order valence-electron chi connectivity index (χ1n) is 48.3. The van der Waals surface area contributed by atoms with Crippen LogP contribution in [-0.2, 0) is 42.2 Å². The number of methoxy groups -OCH3 is 2. The van der Waals surface area contributed by atoms with E-state index >= 15 is 0 Å². The van der Waals surface area contributed by atoms with E-state index in [0.29, 0.717) is 80.0 Å². The number of hydrogen-bond donors (Lipinski definition) is 5. The topological polar surface area (TPSA) is 338 Å². The Labute approximate surface area is 865 Å². The summed E-state index contributed by atoms with van der Waals surface area (Å²) in [6.07, 6.45) is 29.1. The number of ether oxygens (including phenoxy) is 2. The van der Waals surface area contributed by atoms with Crippen LogP contribution in [0.5, 0.6) is 0 Å². The number of anilines is 5. The van der Waals surface area contributed by atoms with Crippen LogP contribution < -0.4 is 27.4 Å². The molecule has 0 spiro atoms. The highest BCUT2D eigenvalue weighted by Crippen LogP contribution is 2.40. The zero-order valence-electron chi connectivity index (χ0n) is 84.9. The fourth-order valence-corrected chi connectivity index (χ4v) is 17.1. The Kier molecular flexibility index (Phi) is 34.8. The zero-order valence-corrected chi connectivity index (χ0v) is 84.9. The van der Waals surface area contributed by atoms with Crippen LogP contribution in [0, 0.1) is 53.8 Å². The highest BCUT2D eigenvalue weighted by molar-refractivity contribution is 5.86. The number of nitrogen functional groups attached to an aromatic ring is 2. The van der Waals surface area contributed by atoms with E-state index in [1.807, 2.05) is 128 Å². The van der Waals surface area contributed by atoms with Gasteiger partial charge in [0.25, 0.3) is 0 Å². The summed E-state index contributed by atoms with van der Waals surface area (Å²) < 4.78 is 87.7. The number of imidazole rings is 5. The van der Waals surface area contributed by atoms with Gasteiger partial charge in [0.15, 0.2) is 0 Å². The van der Waals surface area contributed by atoms with Crippen LogP contribution in [0.25, 0.3) is 141 Å². The van der Waals surface area contributed by atoms with Crippen LogP contribution in [0.3, 0.4) is 0 Å². The van der Waals surface area contributed by atoms with Crippen molar-refractivity contribution in [1.82, 2.24) is 121 Å². The van der Waals surface area contributed by atoms with E-state index in [-0.39, 0.29) is 41.0 Å². The molecule has 0 aliphatic rings. The number of nitrogens with two attached hydrogens (primary N) is 2. The van der Waals surface area contributed by atoms with Gasteiger partial charge in [-0.05, 0) is 281 Å². The maximum Gasteiger partial charge on any atom is 0.222 e. The van der Waals surface area contributed by atoms with E-state index in [2.05, 4.69) is 148 Å². The quantitative estimate of drug-likeness (QED) is 0.0188. The lowest BCUT2D eigenvalue weighted by atomic mass is 10.1. The van der Waals surface area contributed by atoms with Gasteiger partial charge in [0.2, 0.25) is 29.7 Å². The number of halogens is 5. The third-order valence-electron chi connectivity index (χ3n) is 24.4. The van der Waals surface area contributed by atoms with Crippen molar-refractivity contribution in [2.75, 3.05) is 143 Å². The van der Waals surface area contributed by atoms with Crippen molar-refractivity contribution >= 4 is 58.0 Å². The Bertz CT molecular complexity index is 8110. The smallest absolute Gasteiger partial charge is 0.222 e. The van der Waals surface area contributed by atoms with E-state index < -0.39 is 0 Å². The number of nitrogens with zero attached hydrogens (tertiary/aromatic N) is 25. The zero-order chi connectivity index (χ0) is 105. The SMILES string of the molecule is C#CCN(C)Cc1ccn2c(-c3ccnc(N)n3)c(-c3ccc(F)cc3)nc2c1.C#CCN(C)Cc1ccn2c(-c3ccnc(NC)n3)c(-c3ccc(F)cc3)nc2c1.CCN(CC)Cc1ccn2c(-c3ccnc(NC)n3)c(-c3ccc(F)cc3)nc2c1.CNc1nccc(-c2c(-c3ccc(F)cc3)nc3cc(CN(C)CCOC)ccn23)n1.COCCN(C)Cc1ccn2c(-c3ccnc(N)n3)c(-c3ccc(F)cc3)nc2c1. The molecule has 0 saturated carbocycles. The Morgan fingerprint density at radius 3 is 0.753 bits per heavy atom. The number of hydrogen-bond acceptors (Lipinski definition) is 27. The number of aromatic nitrogens is 20. The molecular formula is C113H113F5N30O2. The lowest BCUT2D eigenvalue weighted by Crippen LogP contribution is -2.22. The monoisotopic (exact) mass is 2020 g/mol. The molecule has 0 radical (unpaired) electrons. The highest BCUT2D eigenvalue weighted by Gasteiger charge is 2.27. The van der Waals surface area contributed by atoms with Gasteiger partial charge in [0.05, 0.1) is 112 Å². The summed E-state index contributed by atoms with van der Waals surface area (Å²) >= 11 is 0. The molecule has 0 aliphatic heterocycles. The van der Waals surface area contributed by atoms with Crippen molar-refractivity contribution in [3.8, 4) is 138 Å². The van der Waals surface area contributed by atoms with E-state index in [4.69, 9.17) is 58.7 Å². The molecule has 150 heavy (non-hydrogen) atoms. The average Bonchev–Trinajstić information content (AvgIpc) is 1.63. The minimum absolute atomic E-state index is 0.176. The second kappa shape index (κ2) is 49.6. The number of likely N-dealkylation sites (N-methyl/N-ethyl adjacent to an activating group) is 2. The summed E-state index contributed by atoms with van der Waals surface area (Å²) in [7, 11) is 16.8. The molecule has 0 saturated heterocycles. The lowest BCUT2D eigenvalue weighted by molar-refractivity contribution is 0.158. The van der Waals surface area contributed by atoms with Crippen LogP contribution in [0.4, 0.5) is 51.7 Å². The number of rotatable bonds is 33. The van der Waals surface area contributed by atoms with E-state index in [9.17, 15) is 22.0 Å². The van der Waals surface area contributed by atoms with Crippen molar-refractivity contribution in [1.29, 1.82) is 0 Å². The van der Waals surface area contributed by atoms with Crippen LogP contribution in [-0.4, -0.2) is 237 Å². The Morgan fingerprint density at radius 2 is 0.533 bits per heavy atom. The summed E-state index contributed by atoms with van der Waals surface area (Å²) in [5, 5.41) is 8.92. The largest absolute Gasteiger partial charge is 0.383 e. The van der Waals surface area contributed by atoms with Crippen molar-refractivity contribution in [3.63, 3.8) is 0 Å². The van der Waals surface area contributed by atoms with E-state index in [1.54, 1.807) is 139 Å². The molecule has 20 rings (SSSR count). The second-order valence-corrected chi connectivity index (χ2v) is 35.2. The Morgan fingerprint density at radius 1 is 0.307 bits per heavy atom. The number of terminal acetylenes is 2. The summed E-state index contributed by atoms with van der Waals surface area (Å²) in [5.74, 6) is 5.78. The molecule has 20 aromatic rings. The van der Waals surface area contributed by atoms with Gasteiger partial charge in [-0.1, -0.05) is 25.7 Å². The number of nitrogens with one attached hydrogen (secondary N) is 3. The Balaban J connectivity index is 0.000000133. The molecule has 0 unspecified atom stereocenters. The van der Waals surface area contributed by atoms with Gasteiger partial charge in [0, 0.05) is 171 Å². The van der Waals surface area contributed by atoms with Gasteiger partial charge >= 0.3 is 0 Å². The number of fused-ring (bicyclic) bond motifs is 5. The maximum absolute atomic E-state index is 13.5. The van der Waals surface area contributed by atoms with E-state index in [0.717, 1.165) is 187 Å². The molecule has 5 aromatic carbocycles. The van der Waals surface area contributed by atoms with Crippen molar-refractivity contribution in [2.45, 2.75) is 46.6 Å². The fourth-order valence-electron chi connectivity index (χ4n) is 17.1. The van der Waals surface area contributed by atoms with Crippen molar-refractivity contribution in [3.05, 3.63) is 331 Å². The third kappa shape index (κ3) is 25.7. The van der Waals surface area contributed by atoms with Gasteiger partial charge in [-0.2, -0.15) is 0 Å². The Hall–Kier alpha value is -17.6. The number of pyridine rings is 5. The molecule has 0 bridgehead atoms. The lowest BCUT2D eigenvalue weighted by Gasteiger charge is -2.17. The predicted molar refractivity (Wildman–Crippen MR) is 579 cm³/mol. The molecule has 15 heterocycles. The summed E-state index contributed by atoms with van der Waals surface area (Å²) in [6.45, 7) is 14.3. The highest BCUT2D eigenvalue weighted by atomic mass is 19.1. The van der Waals surface area contributed by atoms with Gasteiger partial charge in [-0.3, -0.25) is 46.5 Å². The molecule has 0 fully saturated rings. The third-order valence-corrected chi connectivity index (χ3v) is 24.4.